The quantitative estimate of drug-likeness (QED) is 0.736. The lowest BCUT2D eigenvalue weighted by Crippen LogP contribution is -2.53. The van der Waals surface area contributed by atoms with Gasteiger partial charge < -0.3 is 15.3 Å². The van der Waals surface area contributed by atoms with E-state index in [9.17, 15) is 5.11 Å². The van der Waals surface area contributed by atoms with Crippen molar-refractivity contribution in [2.45, 2.75) is 72.5 Å². The number of hydrogen-bond acceptors (Lipinski definition) is 3. The Hall–Kier alpha value is -0.120. The third-order valence-electron chi connectivity index (χ3n) is 3.21. The van der Waals surface area contributed by atoms with E-state index in [1.807, 2.05) is 0 Å². The number of nitrogens with zero attached hydrogens (tertiary/aromatic N) is 1. The zero-order valence-electron chi connectivity index (χ0n) is 13.7. The van der Waals surface area contributed by atoms with Crippen molar-refractivity contribution in [3.05, 3.63) is 0 Å². The molecule has 0 rings (SSSR count). The van der Waals surface area contributed by atoms with E-state index >= 15 is 0 Å². The molecule has 0 saturated heterocycles. The van der Waals surface area contributed by atoms with Gasteiger partial charge in [0.2, 0.25) is 0 Å². The number of hydrogen-bond donors (Lipinski definition) is 2. The van der Waals surface area contributed by atoms with Crippen LogP contribution in [0, 0.1) is 5.41 Å². The summed E-state index contributed by atoms with van der Waals surface area (Å²) in [6, 6.07) is 0.842. The topological polar surface area (TPSA) is 35.5 Å². The fourth-order valence-corrected chi connectivity index (χ4v) is 2.58. The Kier molecular flexibility index (Phi) is 6.83. The Morgan fingerprint density at radius 1 is 1.11 bits per heavy atom. The summed E-state index contributed by atoms with van der Waals surface area (Å²) in [5.41, 5.74) is 0.115. The average Bonchev–Trinajstić information content (AvgIpc) is 2.13. The van der Waals surface area contributed by atoms with Gasteiger partial charge in [0, 0.05) is 24.2 Å². The van der Waals surface area contributed by atoms with Gasteiger partial charge in [-0.25, -0.2) is 0 Å². The van der Waals surface area contributed by atoms with Crippen LogP contribution in [0.4, 0.5) is 0 Å². The molecule has 0 aliphatic rings. The van der Waals surface area contributed by atoms with E-state index in [1.54, 1.807) is 0 Å². The van der Waals surface area contributed by atoms with Gasteiger partial charge in [-0.05, 0) is 32.7 Å². The van der Waals surface area contributed by atoms with Crippen LogP contribution in [0.1, 0.15) is 54.9 Å². The lowest BCUT2D eigenvalue weighted by Gasteiger charge is -2.38. The van der Waals surface area contributed by atoms with Crippen LogP contribution < -0.4 is 5.32 Å². The molecule has 0 aliphatic carbocycles. The number of rotatable bonds is 7. The van der Waals surface area contributed by atoms with E-state index in [0.29, 0.717) is 17.5 Å². The molecule has 2 N–H and O–H groups in total. The highest BCUT2D eigenvalue weighted by Crippen LogP contribution is 2.20. The highest BCUT2D eigenvalue weighted by atomic mass is 16.3. The zero-order valence-corrected chi connectivity index (χ0v) is 13.7. The molecule has 0 aromatic carbocycles. The normalized spacial score (nSPS) is 18.2. The van der Waals surface area contributed by atoms with Gasteiger partial charge >= 0.3 is 0 Å². The van der Waals surface area contributed by atoms with Gasteiger partial charge in [-0.1, -0.05) is 34.6 Å². The van der Waals surface area contributed by atoms with Crippen LogP contribution in [-0.4, -0.2) is 47.8 Å². The molecule has 0 aromatic heterocycles. The minimum Gasteiger partial charge on any atom is -0.394 e. The first-order valence-electron chi connectivity index (χ1n) is 7.08. The van der Waals surface area contributed by atoms with Gasteiger partial charge in [0.15, 0.2) is 0 Å². The molecule has 0 spiro atoms. The molecule has 0 radical (unpaired) electrons. The van der Waals surface area contributed by atoms with Gasteiger partial charge in [0.05, 0.1) is 6.61 Å². The standard InChI is InChI=1S/C15H34N2O/c1-12(2)16-15(7,11-18)9-13(3)17(8)10-14(4,5)6/h12-13,16,18H,9-11H2,1-8H3. The van der Waals surface area contributed by atoms with Crippen molar-refractivity contribution in [1.82, 2.24) is 10.2 Å². The van der Waals surface area contributed by atoms with Crippen molar-refractivity contribution in [2.75, 3.05) is 20.2 Å². The largest absolute Gasteiger partial charge is 0.394 e. The van der Waals surface area contributed by atoms with Crippen LogP contribution in [0.2, 0.25) is 0 Å². The summed E-state index contributed by atoms with van der Waals surface area (Å²) in [5, 5.41) is 13.1. The van der Waals surface area contributed by atoms with E-state index in [2.05, 4.69) is 65.7 Å². The van der Waals surface area contributed by atoms with Crippen LogP contribution in [-0.2, 0) is 0 Å². The summed E-state index contributed by atoms with van der Waals surface area (Å²) < 4.78 is 0. The maximum atomic E-state index is 9.62. The third-order valence-corrected chi connectivity index (χ3v) is 3.21. The summed E-state index contributed by atoms with van der Waals surface area (Å²) in [6.45, 7) is 16.6. The highest BCUT2D eigenvalue weighted by Gasteiger charge is 2.28. The summed E-state index contributed by atoms with van der Waals surface area (Å²) in [4.78, 5) is 2.38. The Balaban J connectivity index is 4.46. The molecule has 18 heavy (non-hydrogen) atoms. The minimum atomic E-state index is -0.195. The lowest BCUT2D eigenvalue weighted by atomic mass is 9.91. The average molecular weight is 258 g/mol. The second-order valence-corrected chi connectivity index (χ2v) is 7.55. The van der Waals surface area contributed by atoms with Gasteiger partial charge in [-0.15, -0.1) is 0 Å². The summed E-state index contributed by atoms with van der Waals surface area (Å²) >= 11 is 0. The molecule has 3 heteroatoms. The van der Waals surface area contributed by atoms with Crippen molar-refractivity contribution in [1.29, 1.82) is 0 Å². The molecule has 2 unspecified atom stereocenters. The second kappa shape index (κ2) is 6.88. The van der Waals surface area contributed by atoms with Crippen LogP contribution >= 0.6 is 0 Å². The molecule has 0 fully saturated rings. The van der Waals surface area contributed by atoms with Gasteiger partial charge in [0.1, 0.15) is 0 Å². The predicted molar refractivity (Wildman–Crippen MR) is 79.9 cm³/mol. The van der Waals surface area contributed by atoms with Gasteiger partial charge in [-0.2, -0.15) is 0 Å². The van der Waals surface area contributed by atoms with Crippen molar-refractivity contribution in [3.8, 4) is 0 Å². The smallest absolute Gasteiger partial charge is 0.0611 e. The van der Waals surface area contributed by atoms with Crippen molar-refractivity contribution in [2.24, 2.45) is 5.41 Å². The monoisotopic (exact) mass is 258 g/mol. The van der Waals surface area contributed by atoms with Gasteiger partial charge in [-0.3, -0.25) is 0 Å². The van der Waals surface area contributed by atoms with Crippen LogP contribution in [0.3, 0.4) is 0 Å². The Labute approximate surface area is 114 Å². The van der Waals surface area contributed by atoms with E-state index in [0.717, 1.165) is 13.0 Å². The highest BCUT2D eigenvalue weighted by molar-refractivity contribution is 4.88. The number of aliphatic hydroxyl groups excluding tert-OH is 1. The van der Waals surface area contributed by atoms with Crippen molar-refractivity contribution < 1.29 is 5.11 Å². The molecule has 0 amide bonds. The zero-order chi connectivity index (χ0) is 14.6. The van der Waals surface area contributed by atoms with E-state index in [4.69, 9.17) is 0 Å². The minimum absolute atomic E-state index is 0.179. The van der Waals surface area contributed by atoms with E-state index in [1.165, 1.54) is 0 Å². The van der Waals surface area contributed by atoms with Crippen LogP contribution in [0.15, 0.2) is 0 Å². The Bertz CT molecular complexity index is 235. The number of aliphatic hydroxyl groups is 1. The summed E-state index contributed by atoms with van der Waals surface area (Å²) in [5.74, 6) is 0. The third kappa shape index (κ3) is 7.34. The lowest BCUT2D eigenvalue weighted by molar-refractivity contribution is 0.104. The maximum Gasteiger partial charge on any atom is 0.0611 e. The molecule has 2 atom stereocenters. The van der Waals surface area contributed by atoms with Gasteiger partial charge in [0.25, 0.3) is 0 Å². The first kappa shape index (κ1) is 17.9. The van der Waals surface area contributed by atoms with Crippen molar-refractivity contribution in [3.63, 3.8) is 0 Å². The van der Waals surface area contributed by atoms with Crippen LogP contribution in [0.25, 0.3) is 0 Å². The molecule has 0 heterocycles. The fourth-order valence-electron chi connectivity index (χ4n) is 2.58. The molecular formula is C15H34N2O. The molecule has 0 saturated carbocycles. The van der Waals surface area contributed by atoms with E-state index in [-0.39, 0.29) is 12.1 Å². The molecule has 0 aliphatic heterocycles. The van der Waals surface area contributed by atoms with Crippen LogP contribution in [0.5, 0.6) is 0 Å². The molecule has 110 valence electrons. The molecule has 0 bridgehead atoms. The van der Waals surface area contributed by atoms with E-state index < -0.39 is 0 Å². The molecule has 0 aromatic rings. The second-order valence-electron chi connectivity index (χ2n) is 7.55. The Morgan fingerprint density at radius 3 is 1.94 bits per heavy atom. The fraction of sp³-hybridized carbons (Fsp3) is 1.00. The van der Waals surface area contributed by atoms with Crippen molar-refractivity contribution >= 4 is 0 Å². The first-order chi connectivity index (χ1) is 7.99. The predicted octanol–water partition coefficient (Wildman–Crippen LogP) is 2.49. The molecular weight excluding hydrogens is 224 g/mol. The summed E-state index contributed by atoms with van der Waals surface area (Å²) in [6.07, 6.45) is 0.953. The number of nitrogens with one attached hydrogen (secondary N) is 1. The first-order valence-corrected chi connectivity index (χ1v) is 7.08. The maximum absolute atomic E-state index is 9.62. The molecule has 3 nitrogen and oxygen atoms in total. The Morgan fingerprint density at radius 2 is 1.61 bits per heavy atom. The summed E-state index contributed by atoms with van der Waals surface area (Å²) in [7, 11) is 2.17. The SMILES string of the molecule is CC(C)NC(C)(CO)CC(C)N(C)CC(C)(C)C.